The van der Waals surface area contributed by atoms with E-state index in [1.165, 1.54) is 15.3 Å². The van der Waals surface area contributed by atoms with Crippen LogP contribution in [0.15, 0.2) is 88.2 Å². The molecular formula is C22H21N5O2S2. The van der Waals surface area contributed by atoms with Crippen molar-refractivity contribution in [2.75, 3.05) is 0 Å². The Bertz CT molecular complexity index is 1290. The molecule has 9 heteroatoms. The first-order valence-corrected chi connectivity index (χ1v) is 11.5. The number of amidine groups is 1. The van der Waals surface area contributed by atoms with Gasteiger partial charge in [-0.3, -0.25) is 0 Å². The maximum atomic E-state index is 12.9. The molecule has 0 amide bonds. The molecule has 0 bridgehead atoms. The third kappa shape index (κ3) is 4.79. The molecule has 0 aliphatic heterocycles. The van der Waals surface area contributed by atoms with Gasteiger partial charge in [-0.2, -0.15) is 0 Å². The number of hydrogen-bond acceptors (Lipinski definition) is 6. The average Bonchev–Trinajstić information content (AvgIpc) is 3.43. The number of benzene rings is 2. The molecule has 0 fully saturated rings. The lowest BCUT2D eigenvalue weighted by atomic mass is 10.2. The monoisotopic (exact) mass is 451 g/mol. The molecule has 158 valence electrons. The first-order valence-electron chi connectivity index (χ1n) is 9.15. The second-order valence-electron chi connectivity index (χ2n) is 6.36. The van der Waals surface area contributed by atoms with Gasteiger partial charge in [0.1, 0.15) is 5.84 Å². The van der Waals surface area contributed by atoms with Crippen molar-refractivity contribution in [2.24, 2.45) is 10.7 Å². The van der Waals surface area contributed by atoms with E-state index in [9.17, 15) is 8.42 Å². The summed E-state index contributed by atoms with van der Waals surface area (Å²) in [7, 11) is -3.66. The molecule has 3 N–H and O–H groups in total. The predicted octanol–water partition coefficient (Wildman–Crippen LogP) is 4.46. The van der Waals surface area contributed by atoms with Crippen LogP contribution in [0, 0.1) is 12.3 Å². The summed E-state index contributed by atoms with van der Waals surface area (Å²) in [4.78, 5) is 9.12. The molecule has 4 rings (SSSR count). The molecule has 0 aliphatic carbocycles. The Balaban J connectivity index is 0.00000132. The molecule has 2 aromatic carbocycles. The smallest absolute Gasteiger partial charge is 0.267 e. The van der Waals surface area contributed by atoms with Crippen LogP contribution in [0.3, 0.4) is 0 Å². The summed E-state index contributed by atoms with van der Waals surface area (Å²) >= 11 is 1.35. The molecule has 0 saturated carbocycles. The molecule has 31 heavy (non-hydrogen) atoms. The summed E-state index contributed by atoms with van der Waals surface area (Å²) in [5, 5.41) is 7.85. The van der Waals surface area contributed by atoms with Crippen molar-refractivity contribution >= 4 is 39.0 Å². The molecule has 2 aromatic heterocycles. The van der Waals surface area contributed by atoms with Crippen molar-refractivity contribution in [2.45, 2.75) is 11.8 Å². The quantitative estimate of drug-likeness (QED) is 0.344. The van der Waals surface area contributed by atoms with Crippen LogP contribution in [0.25, 0.3) is 11.3 Å². The van der Waals surface area contributed by atoms with Gasteiger partial charge in [0.2, 0.25) is 5.13 Å². The SMILES string of the molecule is C=N.Cc1cc(-c2csc(N=C(N)c3ccccc3)n2)cn1S(=O)(=O)c1ccccc1. The minimum atomic E-state index is -3.66. The standard InChI is InChI=1S/C21H18N4O2S2.CH3N/c1-15-12-17(13-25(15)29(26,27)18-10-6-3-7-11-18)19-14-28-21(23-19)24-20(22)16-8-4-2-5-9-16;1-2/h2-14H,1H3,(H2,22,23,24);2H,1H2. The van der Waals surface area contributed by atoms with Crippen LogP contribution in [0.4, 0.5) is 5.13 Å². The summed E-state index contributed by atoms with van der Waals surface area (Å²) in [5.74, 6) is 0.381. The number of hydrogen-bond donors (Lipinski definition) is 2. The van der Waals surface area contributed by atoms with E-state index in [1.807, 2.05) is 35.7 Å². The number of nitrogens with zero attached hydrogens (tertiary/aromatic N) is 3. The van der Waals surface area contributed by atoms with E-state index >= 15 is 0 Å². The van der Waals surface area contributed by atoms with Gasteiger partial charge in [0, 0.05) is 28.4 Å². The number of nitrogens with two attached hydrogens (primary N) is 1. The number of nitrogens with one attached hydrogen (secondary N) is 1. The fourth-order valence-electron chi connectivity index (χ4n) is 2.88. The zero-order chi connectivity index (χ0) is 22.4. The summed E-state index contributed by atoms with van der Waals surface area (Å²) in [6.07, 6.45) is 1.58. The van der Waals surface area contributed by atoms with Crippen molar-refractivity contribution in [3.63, 3.8) is 0 Å². The number of aromatic nitrogens is 2. The largest absolute Gasteiger partial charge is 0.383 e. The van der Waals surface area contributed by atoms with Crippen LogP contribution < -0.4 is 5.73 Å². The highest BCUT2D eigenvalue weighted by molar-refractivity contribution is 7.90. The van der Waals surface area contributed by atoms with Gasteiger partial charge in [-0.05, 0) is 31.8 Å². The third-order valence-corrected chi connectivity index (χ3v) is 6.86. The van der Waals surface area contributed by atoms with Crippen molar-refractivity contribution in [3.8, 4) is 11.3 Å². The minimum absolute atomic E-state index is 0.240. The highest BCUT2D eigenvalue weighted by Crippen LogP contribution is 2.29. The Labute approximate surface area is 185 Å². The van der Waals surface area contributed by atoms with Gasteiger partial charge in [0.25, 0.3) is 10.0 Å². The fraction of sp³-hybridized carbons (Fsp3) is 0.0455. The van der Waals surface area contributed by atoms with E-state index in [4.69, 9.17) is 11.1 Å². The first-order chi connectivity index (χ1) is 14.9. The Kier molecular flexibility index (Phi) is 6.78. The lowest BCUT2D eigenvalue weighted by Gasteiger charge is -2.07. The average molecular weight is 452 g/mol. The van der Waals surface area contributed by atoms with E-state index in [-0.39, 0.29) is 4.90 Å². The first kappa shape index (κ1) is 22.1. The van der Waals surface area contributed by atoms with E-state index in [1.54, 1.807) is 49.5 Å². The fourth-order valence-corrected chi connectivity index (χ4v) is 5.00. The topological polar surface area (TPSA) is 114 Å². The van der Waals surface area contributed by atoms with Crippen LogP contribution >= 0.6 is 11.3 Å². The number of aryl methyl sites for hydroxylation is 1. The van der Waals surface area contributed by atoms with Crippen LogP contribution in [-0.2, 0) is 10.0 Å². The van der Waals surface area contributed by atoms with E-state index < -0.39 is 10.0 Å². The normalized spacial score (nSPS) is 11.6. The molecule has 0 spiro atoms. The molecule has 0 atom stereocenters. The molecule has 0 radical (unpaired) electrons. The zero-order valence-corrected chi connectivity index (χ0v) is 18.4. The van der Waals surface area contributed by atoms with Crippen molar-refractivity contribution in [3.05, 3.63) is 89.6 Å². The van der Waals surface area contributed by atoms with Crippen molar-refractivity contribution in [1.82, 2.24) is 8.96 Å². The maximum Gasteiger partial charge on any atom is 0.267 e. The number of thiazole rings is 1. The molecule has 4 aromatic rings. The highest BCUT2D eigenvalue weighted by Gasteiger charge is 2.20. The minimum Gasteiger partial charge on any atom is -0.383 e. The molecule has 2 heterocycles. The molecule has 0 aliphatic rings. The van der Waals surface area contributed by atoms with Crippen molar-refractivity contribution < 1.29 is 8.42 Å². The van der Waals surface area contributed by atoms with E-state index in [0.717, 1.165) is 5.56 Å². The van der Waals surface area contributed by atoms with Gasteiger partial charge in [0.15, 0.2) is 0 Å². The number of rotatable bonds is 5. The van der Waals surface area contributed by atoms with Gasteiger partial charge >= 0.3 is 0 Å². The van der Waals surface area contributed by atoms with E-state index in [2.05, 4.69) is 16.7 Å². The molecule has 0 saturated heterocycles. The molecule has 0 unspecified atom stereocenters. The Hall–Kier alpha value is -3.56. The summed E-state index contributed by atoms with van der Waals surface area (Å²) < 4.78 is 27.1. The predicted molar refractivity (Wildman–Crippen MR) is 126 cm³/mol. The van der Waals surface area contributed by atoms with Crippen LogP contribution in [0.1, 0.15) is 11.3 Å². The van der Waals surface area contributed by atoms with Gasteiger partial charge < -0.3 is 11.1 Å². The van der Waals surface area contributed by atoms with Crippen LogP contribution in [-0.4, -0.2) is 29.9 Å². The van der Waals surface area contributed by atoms with Crippen LogP contribution in [0.5, 0.6) is 0 Å². The Morgan fingerprint density at radius 1 is 1.10 bits per heavy atom. The summed E-state index contributed by atoms with van der Waals surface area (Å²) in [6.45, 7) is 4.25. The second-order valence-corrected chi connectivity index (χ2v) is 9.01. The van der Waals surface area contributed by atoms with Gasteiger partial charge in [-0.15, -0.1) is 11.3 Å². The second kappa shape index (κ2) is 9.50. The Morgan fingerprint density at radius 3 is 2.35 bits per heavy atom. The van der Waals surface area contributed by atoms with Gasteiger partial charge in [-0.25, -0.2) is 22.4 Å². The summed E-state index contributed by atoms with van der Waals surface area (Å²) in [5.41, 5.74) is 8.84. The van der Waals surface area contributed by atoms with E-state index in [0.29, 0.717) is 27.9 Å². The lowest BCUT2D eigenvalue weighted by molar-refractivity contribution is 0.586. The zero-order valence-electron chi connectivity index (χ0n) is 16.8. The van der Waals surface area contributed by atoms with Gasteiger partial charge in [-0.1, -0.05) is 48.5 Å². The summed E-state index contributed by atoms with van der Waals surface area (Å²) in [6, 6.07) is 19.6. The maximum absolute atomic E-state index is 12.9. The van der Waals surface area contributed by atoms with Crippen LogP contribution in [0.2, 0.25) is 0 Å². The Morgan fingerprint density at radius 2 is 1.71 bits per heavy atom. The molecule has 7 nitrogen and oxygen atoms in total. The molecular weight excluding hydrogens is 430 g/mol. The lowest BCUT2D eigenvalue weighted by Crippen LogP contribution is -2.13. The number of aliphatic imine (C=N–C) groups is 1. The van der Waals surface area contributed by atoms with Gasteiger partial charge in [0.05, 0.1) is 10.6 Å². The highest BCUT2D eigenvalue weighted by atomic mass is 32.2. The third-order valence-electron chi connectivity index (χ3n) is 4.34. The van der Waals surface area contributed by atoms with Crippen molar-refractivity contribution in [1.29, 1.82) is 5.41 Å².